The number of rotatable bonds is 6. The highest BCUT2D eigenvalue weighted by Gasteiger charge is 2.01. The van der Waals surface area contributed by atoms with Crippen LogP contribution in [0.5, 0.6) is 0 Å². The fourth-order valence-corrected chi connectivity index (χ4v) is 1.02. The zero-order valence-electron chi connectivity index (χ0n) is 8.21. The molecule has 2 N–H and O–H groups in total. The van der Waals surface area contributed by atoms with E-state index in [1.807, 2.05) is 13.1 Å². The monoisotopic (exact) mass is 183 g/mol. The summed E-state index contributed by atoms with van der Waals surface area (Å²) in [5.41, 5.74) is 0. The van der Waals surface area contributed by atoms with Crippen molar-refractivity contribution >= 4 is 0 Å². The molecule has 0 saturated carbocycles. The van der Waals surface area contributed by atoms with E-state index in [0.717, 1.165) is 25.6 Å². The largest absolute Gasteiger partial charge is 0.380 e. The summed E-state index contributed by atoms with van der Waals surface area (Å²) in [4.78, 5) is 7.14. The van der Waals surface area contributed by atoms with Crippen LogP contribution >= 0.6 is 0 Å². The van der Waals surface area contributed by atoms with Crippen LogP contribution in [0.3, 0.4) is 0 Å². The highest BCUT2D eigenvalue weighted by molar-refractivity contribution is 4.86. The highest BCUT2D eigenvalue weighted by atomic mass is 16.5. The number of hydrogen-bond donors (Lipinski definition) is 2. The van der Waals surface area contributed by atoms with Crippen molar-refractivity contribution in [3.63, 3.8) is 0 Å². The van der Waals surface area contributed by atoms with E-state index in [1.165, 1.54) is 0 Å². The molecule has 1 aromatic heterocycles. The van der Waals surface area contributed by atoms with Crippen molar-refractivity contribution in [2.24, 2.45) is 0 Å². The summed E-state index contributed by atoms with van der Waals surface area (Å²) in [6.45, 7) is 6.38. The molecule has 0 aliphatic rings. The minimum Gasteiger partial charge on any atom is -0.380 e. The molecule has 1 heterocycles. The summed E-state index contributed by atoms with van der Waals surface area (Å²) in [6, 6.07) is 0.366. The van der Waals surface area contributed by atoms with Gasteiger partial charge in [0.1, 0.15) is 5.82 Å². The zero-order valence-corrected chi connectivity index (χ0v) is 8.21. The van der Waals surface area contributed by atoms with Gasteiger partial charge < -0.3 is 15.0 Å². The van der Waals surface area contributed by atoms with Gasteiger partial charge in [-0.1, -0.05) is 0 Å². The maximum atomic E-state index is 5.27. The fourth-order valence-electron chi connectivity index (χ4n) is 1.02. The van der Waals surface area contributed by atoms with Gasteiger partial charge in [-0.25, -0.2) is 4.98 Å². The van der Waals surface area contributed by atoms with Gasteiger partial charge in [0.15, 0.2) is 0 Å². The van der Waals surface area contributed by atoms with Crippen LogP contribution in [0.2, 0.25) is 0 Å². The molecular weight excluding hydrogens is 166 g/mol. The third-order valence-corrected chi connectivity index (χ3v) is 1.74. The Morgan fingerprint density at radius 2 is 2.54 bits per heavy atom. The average Bonchev–Trinajstić information content (AvgIpc) is 2.64. The van der Waals surface area contributed by atoms with Gasteiger partial charge in [0.05, 0.1) is 13.2 Å². The van der Waals surface area contributed by atoms with Crippen LogP contribution in [0.25, 0.3) is 0 Å². The van der Waals surface area contributed by atoms with E-state index in [-0.39, 0.29) is 0 Å². The average molecular weight is 183 g/mol. The van der Waals surface area contributed by atoms with E-state index >= 15 is 0 Å². The van der Waals surface area contributed by atoms with Crippen molar-refractivity contribution in [2.75, 3.05) is 13.2 Å². The molecule has 1 atom stereocenters. The Kier molecular flexibility index (Phi) is 4.49. The first-order valence-corrected chi connectivity index (χ1v) is 4.62. The maximum Gasteiger partial charge on any atom is 0.120 e. The quantitative estimate of drug-likeness (QED) is 0.689. The van der Waals surface area contributed by atoms with Crippen molar-refractivity contribution in [1.82, 2.24) is 15.3 Å². The highest BCUT2D eigenvalue weighted by Crippen LogP contribution is 1.90. The Balaban J connectivity index is 2.11. The molecule has 1 aromatic rings. The minimum atomic E-state index is 0.366. The van der Waals surface area contributed by atoms with E-state index in [1.54, 1.807) is 6.20 Å². The third-order valence-electron chi connectivity index (χ3n) is 1.74. The molecule has 1 rings (SSSR count). The lowest BCUT2D eigenvalue weighted by Gasteiger charge is -2.11. The predicted molar refractivity (Wildman–Crippen MR) is 51.4 cm³/mol. The van der Waals surface area contributed by atoms with Gasteiger partial charge in [-0.05, 0) is 13.8 Å². The molecule has 0 aliphatic heterocycles. The topological polar surface area (TPSA) is 49.9 Å². The number of aromatic amines is 1. The number of aromatic nitrogens is 2. The minimum absolute atomic E-state index is 0.366. The van der Waals surface area contributed by atoms with Gasteiger partial charge >= 0.3 is 0 Å². The second-order valence-electron chi connectivity index (χ2n) is 2.98. The van der Waals surface area contributed by atoms with Gasteiger partial charge in [-0.2, -0.15) is 0 Å². The SMILES string of the molecule is CCOCC(C)NCc1ncc[nH]1. The lowest BCUT2D eigenvalue weighted by molar-refractivity contribution is 0.127. The molecule has 0 aliphatic carbocycles. The summed E-state index contributed by atoms with van der Waals surface area (Å²) in [5.74, 6) is 0.961. The second kappa shape index (κ2) is 5.72. The first-order valence-electron chi connectivity index (χ1n) is 4.62. The zero-order chi connectivity index (χ0) is 9.52. The summed E-state index contributed by atoms with van der Waals surface area (Å²) < 4.78 is 5.27. The van der Waals surface area contributed by atoms with Crippen LogP contribution in [0.15, 0.2) is 12.4 Å². The van der Waals surface area contributed by atoms with Crippen molar-refractivity contribution in [3.05, 3.63) is 18.2 Å². The molecule has 74 valence electrons. The molecule has 0 spiro atoms. The Bertz CT molecular complexity index is 211. The van der Waals surface area contributed by atoms with Crippen LogP contribution in [-0.2, 0) is 11.3 Å². The summed E-state index contributed by atoms with van der Waals surface area (Å²) >= 11 is 0. The van der Waals surface area contributed by atoms with Crippen LogP contribution in [-0.4, -0.2) is 29.2 Å². The summed E-state index contributed by atoms with van der Waals surface area (Å²) in [7, 11) is 0. The van der Waals surface area contributed by atoms with E-state index in [0.29, 0.717) is 6.04 Å². The predicted octanol–water partition coefficient (Wildman–Crippen LogP) is 0.924. The molecule has 0 fully saturated rings. The van der Waals surface area contributed by atoms with Crippen LogP contribution in [0.4, 0.5) is 0 Å². The third kappa shape index (κ3) is 4.05. The fraction of sp³-hybridized carbons (Fsp3) is 0.667. The van der Waals surface area contributed by atoms with Crippen molar-refractivity contribution in [2.45, 2.75) is 26.4 Å². The molecule has 1 unspecified atom stereocenters. The Labute approximate surface area is 78.7 Å². The molecule has 13 heavy (non-hydrogen) atoms. The number of H-pyrrole nitrogens is 1. The van der Waals surface area contributed by atoms with Gasteiger partial charge in [0, 0.05) is 25.0 Å². The number of nitrogens with one attached hydrogen (secondary N) is 2. The summed E-state index contributed by atoms with van der Waals surface area (Å²) in [6.07, 6.45) is 3.58. The molecule has 4 nitrogen and oxygen atoms in total. The Morgan fingerprint density at radius 3 is 3.15 bits per heavy atom. The second-order valence-corrected chi connectivity index (χ2v) is 2.98. The standard InChI is InChI=1S/C9H17N3O/c1-3-13-7-8(2)12-6-9-10-4-5-11-9/h4-5,8,12H,3,6-7H2,1-2H3,(H,10,11). The number of ether oxygens (including phenoxy) is 1. The van der Waals surface area contributed by atoms with Crippen LogP contribution < -0.4 is 5.32 Å². The molecule has 0 aromatic carbocycles. The van der Waals surface area contributed by atoms with Gasteiger partial charge in [-0.3, -0.25) is 0 Å². The number of imidazole rings is 1. The lowest BCUT2D eigenvalue weighted by atomic mass is 10.3. The van der Waals surface area contributed by atoms with E-state index in [9.17, 15) is 0 Å². The Hall–Kier alpha value is -0.870. The Morgan fingerprint density at radius 1 is 1.69 bits per heavy atom. The number of nitrogens with zero attached hydrogens (tertiary/aromatic N) is 1. The van der Waals surface area contributed by atoms with Crippen LogP contribution in [0.1, 0.15) is 19.7 Å². The smallest absolute Gasteiger partial charge is 0.120 e. The van der Waals surface area contributed by atoms with E-state index in [4.69, 9.17) is 4.74 Å². The normalized spacial score (nSPS) is 13.1. The van der Waals surface area contributed by atoms with Crippen molar-refractivity contribution in [1.29, 1.82) is 0 Å². The molecule has 4 heteroatoms. The molecule has 0 radical (unpaired) electrons. The van der Waals surface area contributed by atoms with E-state index < -0.39 is 0 Å². The molecule has 0 saturated heterocycles. The maximum absolute atomic E-state index is 5.27. The molecule has 0 amide bonds. The van der Waals surface area contributed by atoms with Crippen molar-refractivity contribution < 1.29 is 4.74 Å². The van der Waals surface area contributed by atoms with Crippen molar-refractivity contribution in [3.8, 4) is 0 Å². The molecule has 0 bridgehead atoms. The first kappa shape index (κ1) is 10.2. The van der Waals surface area contributed by atoms with Gasteiger partial charge in [0.25, 0.3) is 0 Å². The van der Waals surface area contributed by atoms with Gasteiger partial charge in [-0.15, -0.1) is 0 Å². The van der Waals surface area contributed by atoms with E-state index in [2.05, 4.69) is 22.2 Å². The number of hydrogen-bond acceptors (Lipinski definition) is 3. The first-order chi connectivity index (χ1) is 6.33. The van der Waals surface area contributed by atoms with Crippen LogP contribution in [0, 0.1) is 0 Å². The lowest BCUT2D eigenvalue weighted by Crippen LogP contribution is -2.30. The molecular formula is C9H17N3O. The summed E-state index contributed by atoms with van der Waals surface area (Å²) in [5, 5.41) is 3.30. The van der Waals surface area contributed by atoms with Gasteiger partial charge in [0.2, 0.25) is 0 Å².